The molecule has 4 rings (SSSR count). The van der Waals surface area contributed by atoms with E-state index in [1.54, 1.807) is 0 Å². The molecule has 29 heavy (non-hydrogen) atoms. The first kappa shape index (κ1) is 19.1. The Balaban J connectivity index is 1.60. The number of aromatic nitrogens is 2. The highest BCUT2D eigenvalue weighted by Gasteiger charge is 2.09. The van der Waals surface area contributed by atoms with Gasteiger partial charge in [-0.05, 0) is 86.2 Å². The second-order valence-electron chi connectivity index (χ2n) is 7.85. The zero-order chi connectivity index (χ0) is 20.4. The second kappa shape index (κ2) is 8.00. The fraction of sp³-hybridized carbons (Fsp3) is 0.185. The van der Waals surface area contributed by atoms with Gasteiger partial charge in [-0.15, -0.1) is 0 Å². The fourth-order valence-corrected chi connectivity index (χ4v) is 3.77. The third-order valence-corrected chi connectivity index (χ3v) is 5.54. The van der Waals surface area contributed by atoms with Crippen LogP contribution in [0.3, 0.4) is 0 Å². The van der Waals surface area contributed by atoms with Crippen molar-refractivity contribution in [2.24, 2.45) is 0 Å². The molecule has 0 atom stereocenters. The Hall–Kier alpha value is -3.26. The summed E-state index contributed by atoms with van der Waals surface area (Å²) >= 11 is 0. The van der Waals surface area contributed by atoms with Crippen molar-refractivity contribution < 1.29 is 0 Å². The number of hydrogen-bond acceptors (Lipinski definition) is 2. The second-order valence-corrected chi connectivity index (χ2v) is 7.85. The van der Waals surface area contributed by atoms with Gasteiger partial charge in [0.1, 0.15) is 0 Å². The lowest BCUT2D eigenvalue weighted by molar-refractivity contribution is 1.09. The van der Waals surface area contributed by atoms with Gasteiger partial charge < -0.3 is 0 Å². The molecule has 0 N–H and O–H groups in total. The summed E-state index contributed by atoms with van der Waals surface area (Å²) in [5.74, 6) is 0. The van der Waals surface area contributed by atoms with E-state index in [4.69, 9.17) is 4.98 Å². The van der Waals surface area contributed by atoms with Crippen LogP contribution in [0.4, 0.5) is 0 Å². The molecule has 144 valence electrons. The van der Waals surface area contributed by atoms with Gasteiger partial charge in [-0.2, -0.15) is 0 Å². The maximum absolute atomic E-state index is 4.74. The number of pyridine rings is 2. The summed E-state index contributed by atoms with van der Waals surface area (Å²) in [4.78, 5) is 9.30. The van der Waals surface area contributed by atoms with Crippen LogP contribution in [0.2, 0.25) is 0 Å². The van der Waals surface area contributed by atoms with E-state index < -0.39 is 0 Å². The average molecular weight is 379 g/mol. The molecule has 0 bridgehead atoms. The lowest BCUT2D eigenvalue weighted by atomic mass is 9.95. The quantitative estimate of drug-likeness (QED) is 0.398. The van der Waals surface area contributed by atoms with E-state index in [2.05, 4.69) is 87.3 Å². The summed E-state index contributed by atoms with van der Waals surface area (Å²) in [6.45, 7) is 8.58. The molecule has 0 aliphatic heterocycles. The van der Waals surface area contributed by atoms with Gasteiger partial charge in [0, 0.05) is 23.5 Å². The van der Waals surface area contributed by atoms with E-state index in [1.165, 1.54) is 44.5 Å². The predicted molar refractivity (Wildman–Crippen MR) is 121 cm³/mol. The molecule has 0 fully saturated rings. The third-order valence-electron chi connectivity index (χ3n) is 5.54. The maximum Gasteiger partial charge on any atom is 0.0731 e. The zero-order valence-electron chi connectivity index (χ0n) is 17.5. The van der Waals surface area contributed by atoms with Crippen molar-refractivity contribution in [3.8, 4) is 22.5 Å². The van der Waals surface area contributed by atoms with Crippen LogP contribution in [0.15, 0.2) is 73.1 Å². The molecule has 0 saturated heterocycles. The summed E-state index contributed by atoms with van der Waals surface area (Å²) in [7, 11) is 0. The van der Waals surface area contributed by atoms with Crippen molar-refractivity contribution in [3.05, 3.63) is 106 Å². The molecule has 0 radical (unpaired) electrons. The number of benzene rings is 2. The minimum absolute atomic E-state index is 0.889. The van der Waals surface area contributed by atoms with E-state index >= 15 is 0 Å². The first-order valence-electron chi connectivity index (χ1n) is 10.1. The molecular formula is C27H26N2. The van der Waals surface area contributed by atoms with Crippen LogP contribution in [0.5, 0.6) is 0 Å². The summed E-state index contributed by atoms with van der Waals surface area (Å²) in [6.07, 6.45) is 4.78. The van der Waals surface area contributed by atoms with Gasteiger partial charge >= 0.3 is 0 Å². The molecule has 0 aliphatic carbocycles. The average Bonchev–Trinajstić information content (AvgIpc) is 2.71. The molecule has 0 spiro atoms. The summed E-state index contributed by atoms with van der Waals surface area (Å²) in [5.41, 5.74) is 12.1. The van der Waals surface area contributed by atoms with Gasteiger partial charge in [-0.3, -0.25) is 9.97 Å². The van der Waals surface area contributed by atoms with Gasteiger partial charge in [0.15, 0.2) is 0 Å². The Morgan fingerprint density at radius 3 is 2.21 bits per heavy atom. The Morgan fingerprint density at radius 2 is 1.48 bits per heavy atom. The highest BCUT2D eigenvalue weighted by Crippen LogP contribution is 2.26. The highest BCUT2D eigenvalue weighted by molar-refractivity contribution is 5.65. The van der Waals surface area contributed by atoms with E-state index in [0.717, 1.165) is 17.8 Å². The van der Waals surface area contributed by atoms with Crippen molar-refractivity contribution in [1.82, 2.24) is 9.97 Å². The van der Waals surface area contributed by atoms with Crippen molar-refractivity contribution in [2.45, 2.75) is 34.1 Å². The SMILES string of the molecule is Cc1cccc(-c2cc(C)c(Cc3ccc(-c4ncccc4C)cc3C)cn2)c1. The molecule has 0 amide bonds. The highest BCUT2D eigenvalue weighted by atomic mass is 14.7. The van der Waals surface area contributed by atoms with Crippen LogP contribution in [-0.4, -0.2) is 9.97 Å². The Bertz CT molecular complexity index is 1170. The lowest BCUT2D eigenvalue weighted by Gasteiger charge is -2.12. The topological polar surface area (TPSA) is 25.8 Å². The lowest BCUT2D eigenvalue weighted by Crippen LogP contribution is -1.98. The van der Waals surface area contributed by atoms with Crippen LogP contribution in [-0.2, 0) is 6.42 Å². The molecule has 0 aliphatic rings. The zero-order valence-corrected chi connectivity index (χ0v) is 17.5. The predicted octanol–water partition coefficient (Wildman–Crippen LogP) is 6.64. The van der Waals surface area contributed by atoms with Crippen LogP contribution >= 0.6 is 0 Å². The first-order chi connectivity index (χ1) is 14.0. The molecule has 4 aromatic rings. The minimum atomic E-state index is 0.889. The minimum Gasteiger partial charge on any atom is -0.256 e. The van der Waals surface area contributed by atoms with Crippen LogP contribution in [0.1, 0.15) is 33.4 Å². The van der Waals surface area contributed by atoms with E-state index in [-0.39, 0.29) is 0 Å². The van der Waals surface area contributed by atoms with Crippen LogP contribution in [0.25, 0.3) is 22.5 Å². The molecule has 0 unspecified atom stereocenters. The van der Waals surface area contributed by atoms with E-state index in [9.17, 15) is 0 Å². The van der Waals surface area contributed by atoms with Gasteiger partial charge in [0.25, 0.3) is 0 Å². The van der Waals surface area contributed by atoms with E-state index in [0.29, 0.717) is 0 Å². The standard InChI is InChI=1S/C27H26N2/c1-18-7-5-9-23(13-18)26-15-21(4)25(17-29-26)16-22-10-11-24(14-20(22)3)27-19(2)8-6-12-28-27/h5-15,17H,16H2,1-4H3. The summed E-state index contributed by atoms with van der Waals surface area (Å²) in [5, 5.41) is 0. The monoisotopic (exact) mass is 378 g/mol. The Kier molecular flexibility index (Phi) is 5.26. The van der Waals surface area contributed by atoms with Crippen molar-refractivity contribution in [1.29, 1.82) is 0 Å². The molecule has 2 heteroatoms. The fourth-order valence-electron chi connectivity index (χ4n) is 3.77. The summed E-state index contributed by atoms with van der Waals surface area (Å²) in [6, 6.07) is 21.5. The van der Waals surface area contributed by atoms with Gasteiger partial charge in [0.05, 0.1) is 11.4 Å². The number of nitrogens with zero attached hydrogens (tertiary/aromatic N) is 2. The van der Waals surface area contributed by atoms with Gasteiger partial charge in [-0.25, -0.2) is 0 Å². The largest absolute Gasteiger partial charge is 0.256 e. The molecular weight excluding hydrogens is 352 g/mol. The smallest absolute Gasteiger partial charge is 0.0731 e. The number of hydrogen-bond donors (Lipinski definition) is 0. The van der Waals surface area contributed by atoms with Crippen molar-refractivity contribution in [2.75, 3.05) is 0 Å². The Labute approximate surface area is 173 Å². The summed E-state index contributed by atoms with van der Waals surface area (Å²) < 4.78 is 0. The number of rotatable bonds is 4. The molecule has 2 heterocycles. The normalized spacial score (nSPS) is 10.9. The molecule has 2 nitrogen and oxygen atoms in total. The molecule has 2 aromatic carbocycles. The van der Waals surface area contributed by atoms with Gasteiger partial charge in [-0.1, -0.05) is 42.0 Å². The van der Waals surface area contributed by atoms with Crippen LogP contribution < -0.4 is 0 Å². The third kappa shape index (κ3) is 4.12. The van der Waals surface area contributed by atoms with Gasteiger partial charge in [0.2, 0.25) is 0 Å². The number of aryl methyl sites for hydroxylation is 4. The molecule has 2 aromatic heterocycles. The van der Waals surface area contributed by atoms with Crippen molar-refractivity contribution in [3.63, 3.8) is 0 Å². The van der Waals surface area contributed by atoms with E-state index in [1.807, 2.05) is 18.5 Å². The first-order valence-corrected chi connectivity index (χ1v) is 10.1. The molecule has 0 saturated carbocycles. The van der Waals surface area contributed by atoms with Crippen LogP contribution in [0, 0.1) is 27.7 Å². The maximum atomic E-state index is 4.74. The van der Waals surface area contributed by atoms with Crippen molar-refractivity contribution >= 4 is 0 Å². The Morgan fingerprint density at radius 1 is 0.655 bits per heavy atom.